The van der Waals surface area contributed by atoms with E-state index in [-0.39, 0.29) is 6.79 Å². The highest BCUT2D eigenvalue weighted by Gasteiger charge is 2.16. The topological polar surface area (TPSA) is 49.0 Å². The number of ether oxygens (including phenoxy) is 4. The van der Waals surface area contributed by atoms with E-state index in [4.69, 9.17) is 18.9 Å². The summed E-state index contributed by atoms with van der Waals surface area (Å²) in [5, 5.41) is 3.38. The van der Waals surface area contributed by atoms with Gasteiger partial charge in [-0.3, -0.25) is 0 Å². The maximum Gasteiger partial charge on any atom is 0.231 e. The molecule has 0 unspecified atom stereocenters. The molecule has 5 nitrogen and oxygen atoms in total. The average molecular weight is 380 g/mol. The molecule has 0 spiro atoms. The Kier molecular flexibility index (Phi) is 4.81. The van der Waals surface area contributed by atoms with Crippen molar-refractivity contribution in [3.8, 4) is 23.0 Å². The van der Waals surface area contributed by atoms with Crippen LogP contribution >= 0.6 is 15.9 Å². The Morgan fingerprint density at radius 3 is 2.78 bits per heavy atom. The third kappa shape index (κ3) is 3.32. The zero-order chi connectivity index (χ0) is 16.2. The number of benzene rings is 2. The molecule has 122 valence electrons. The molecule has 0 amide bonds. The van der Waals surface area contributed by atoms with Crippen molar-refractivity contribution in [3.05, 3.63) is 40.4 Å². The second-order valence-corrected chi connectivity index (χ2v) is 5.77. The first-order chi connectivity index (χ1) is 11.2. The van der Waals surface area contributed by atoms with Crippen molar-refractivity contribution in [2.75, 3.05) is 25.8 Å². The van der Waals surface area contributed by atoms with Crippen LogP contribution in [0.25, 0.3) is 0 Å². The van der Waals surface area contributed by atoms with Crippen LogP contribution in [0.1, 0.15) is 12.5 Å². The van der Waals surface area contributed by atoms with Gasteiger partial charge in [0.2, 0.25) is 6.79 Å². The molecule has 6 heteroatoms. The Morgan fingerprint density at radius 2 is 2.00 bits per heavy atom. The molecule has 2 aromatic carbocycles. The monoisotopic (exact) mass is 379 g/mol. The Hall–Kier alpha value is -2.08. The number of hydrogen-bond donors (Lipinski definition) is 1. The van der Waals surface area contributed by atoms with E-state index in [1.165, 1.54) is 0 Å². The summed E-state index contributed by atoms with van der Waals surface area (Å²) < 4.78 is 22.8. The highest BCUT2D eigenvalue weighted by atomic mass is 79.9. The van der Waals surface area contributed by atoms with Crippen molar-refractivity contribution in [1.82, 2.24) is 0 Å². The average Bonchev–Trinajstić information content (AvgIpc) is 3.02. The normalized spacial score (nSPS) is 12.1. The molecule has 2 aromatic rings. The molecular formula is C17H18BrNO4. The highest BCUT2D eigenvalue weighted by Crippen LogP contribution is 2.38. The summed E-state index contributed by atoms with van der Waals surface area (Å²) in [4.78, 5) is 0. The van der Waals surface area contributed by atoms with Crippen LogP contribution in [0.5, 0.6) is 23.0 Å². The van der Waals surface area contributed by atoms with E-state index in [9.17, 15) is 0 Å². The van der Waals surface area contributed by atoms with E-state index in [0.29, 0.717) is 13.2 Å². The van der Waals surface area contributed by atoms with Crippen molar-refractivity contribution < 1.29 is 18.9 Å². The second-order valence-electron chi connectivity index (χ2n) is 4.91. The Balaban J connectivity index is 1.82. The summed E-state index contributed by atoms with van der Waals surface area (Å²) in [6.45, 7) is 3.39. The number of fused-ring (bicyclic) bond motifs is 1. The third-order valence-corrected chi connectivity index (χ3v) is 4.26. The van der Waals surface area contributed by atoms with Gasteiger partial charge in [0.1, 0.15) is 0 Å². The Morgan fingerprint density at radius 1 is 1.17 bits per heavy atom. The molecule has 0 bridgehead atoms. The summed E-state index contributed by atoms with van der Waals surface area (Å²) >= 11 is 3.58. The Labute approximate surface area is 143 Å². The summed E-state index contributed by atoms with van der Waals surface area (Å²) in [5.41, 5.74) is 1.95. The molecule has 0 saturated heterocycles. The van der Waals surface area contributed by atoms with Crippen molar-refractivity contribution in [2.45, 2.75) is 13.5 Å². The first-order valence-corrected chi connectivity index (χ1v) is 8.14. The van der Waals surface area contributed by atoms with E-state index in [1.807, 2.05) is 37.3 Å². The summed E-state index contributed by atoms with van der Waals surface area (Å²) in [6, 6.07) is 9.63. The van der Waals surface area contributed by atoms with Gasteiger partial charge >= 0.3 is 0 Å². The molecule has 0 radical (unpaired) electrons. The lowest BCUT2D eigenvalue weighted by molar-refractivity contribution is 0.174. The molecule has 0 aliphatic carbocycles. The van der Waals surface area contributed by atoms with Gasteiger partial charge in [0.05, 0.1) is 13.7 Å². The van der Waals surface area contributed by atoms with Crippen LogP contribution in [0.2, 0.25) is 0 Å². The quantitative estimate of drug-likeness (QED) is 0.814. The molecule has 3 rings (SSSR count). The molecular weight excluding hydrogens is 362 g/mol. The van der Waals surface area contributed by atoms with E-state index in [0.717, 1.165) is 38.7 Å². The number of methoxy groups -OCH3 is 1. The molecule has 1 N–H and O–H groups in total. The van der Waals surface area contributed by atoms with Crippen molar-refractivity contribution in [1.29, 1.82) is 0 Å². The van der Waals surface area contributed by atoms with Gasteiger partial charge in [-0.15, -0.1) is 0 Å². The standard InChI is InChI=1S/C17H18BrNO4/c1-3-21-17-12(13(18)5-7-15(17)20-2)9-19-11-4-6-14-16(8-11)23-10-22-14/h4-8,19H,3,9-10H2,1-2H3. The van der Waals surface area contributed by atoms with Crippen molar-refractivity contribution in [3.63, 3.8) is 0 Å². The van der Waals surface area contributed by atoms with Crippen LogP contribution in [0, 0.1) is 0 Å². The lowest BCUT2D eigenvalue weighted by Gasteiger charge is -2.17. The molecule has 0 fully saturated rings. The minimum Gasteiger partial charge on any atom is -0.493 e. The molecule has 0 saturated carbocycles. The van der Waals surface area contributed by atoms with Crippen LogP contribution in [0.3, 0.4) is 0 Å². The smallest absolute Gasteiger partial charge is 0.231 e. The number of anilines is 1. The maximum absolute atomic E-state index is 5.76. The van der Waals surface area contributed by atoms with Gasteiger partial charge in [0, 0.05) is 28.3 Å². The van der Waals surface area contributed by atoms with Crippen LogP contribution in [0.4, 0.5) is 5.69 Å². The molecule has 1 aliphatic heterocycles. The fourth-order valence-electron chi connectivity index (χ4n) is 2.41. The largest absolute Gasteiger partial charge is 0.493 e. The van der Waals surface area contributed by atoms with Crippen LogP contribution < -0.4 is 24.3 Å². The van der Waals surface area contributed by atoms with Crippen LogP contribution in [0.15, 0.2) is 34.8 Å². The third-order valence-electron chi connectivity index (χ3n) is 3.52. The molecule has 23 heavy (non-hydrogen) atoms. The number of nitrogens with one attached hydrogen (secondary N) is 1. The van der Waals surface area contributed by atoms with Gasteiger partial charge in [-0.05, 0) is 31.2 Å². The number of hydrogen-bond acceptors (Lipinski definition) is 5. The predicted molar refractivity (Wildman–Crippen MR) is 91.8 cm³/mol. The predicted octanol–water partition coefficient (Wildman–Crippen LogP) is 4.20. The van der Waals surface area contributed by atoms with Gasteiger partial charge < -0.3 is 24.3 Å². The molecule has 1 aliphatic rings. The maximum atomic E-state index is 5.76. The first-order valence-electron chi connectivity index (χ1n) is 7.34. The highest BCUT2D eigenvalue weighted by molar-refractivity contribution is 9.10. The summed E-state index contributed by atoms with van der Waals surface area (Å²) in [5.74, 6) is 2.99. The molecule has 0 atom stereocenters. The van der Waals surface area contributed by atoms with E-state index >= 15 is 0 Å². The van der Waals surface area contributed by atoms with Gasteiger partial charge in [-0.2, -0.15) is 0 Å². The molecule has 0 aromatic heterocycles. The van der Waals surface area contributed by atoms with E-state index in [1.54, 1.807) is 7.11 Å². The second kappa shape index (κ2) is 7.00. The van der Waals surface area contributed by atoms with Crippen molar-refractivity contribution >= 4 is 21.6 Å². The van der Waals surface area contributed by atoms with Gasteiger partial charge in [-0.1, -0.05) is 15.9 Å². The van der Waals surface area contributed by atoms with Crippen molar-refractivity contribution in [2.24, 2.45) is 0 Å². The van der Waals surface area contributed by atoms with Gasteiger partial charge in [-0.25, -0.2) is 0 Å². The van der Waals surface area contributed by atoms with E-state index < -0.39 is 0 Å². The SMILES string of the molecule is CCOc1c(OC)ccc(Br)c1CNc1ccc2c(c1)OCO2. The lowest BCUT2D eigenvalue weighted by Crippen LogP contribution is -2.05. The lowest BCUT2D eigenvalue weighted by atomic mass is 10.1. The fourth-order valence-corrected chi connectivity index (χ4v) is 2.86. The van der Waals surface area contributed by atoms with Gasteiger partial charge in [0.15, 0.2) is 23.0 Å². The zero-order valence-corrected chi connectivity index (χ0v) is 14.6. The Bertz CT molecular complexity index is 705. The summed E-state index contributed by atoms with van der Waals surface area (Å²) in [7, 11) is 1.64. The minimum absolute atomic E-state index is 0.273. The summed E-state index contributed by atoms with van der Waals surface area (Å²) in [6.07, 6.45) is 0. The first kappa shape index (κ1) is 15.8. The number of halogens is 1. The minimum atomic E-state index is 0.273. The van der Waals surface area contributed by atoms with Gasteiger partial charge in [0.25, 0.3) is 0 Å². The molecule has 1 heterocycles. The fraction of sp³-hybridized carbons (Fsp3) is 0.294. The van der Waals surface area contributed by atoms with Crippen LogP contribution in [-0.2, 0) is 6.54 Å². The van der Waals surface area contributed by atoms with E-state index in [2.05, 4.69) is 21.2 Å². The van der Waals surface area contributed by atoms with Crippen LogP contribution in [-0.4, -0.2) is 20.5 Å². The number of rotatable bonds is 6. The zero-order valence-electron chi connectivity index (χ0n) is 13.0.